The predicted molar refractivity (Wildman–Crippen MR) is 74.1 cm³/mol. The van der Waals surface area contributed by atoms with E-state index < -0.39 is 0 Å². The van der Waals surface area contributed by atoms with Crippen molar-refractivity contribution < 1.29 is 9.47 Å². The molecule has 0 amide bonds. The highest BCUT2D eigenvalue weighted by atomic mass is 16.5. The lowest BCUT2D eigenvalue weighted by Gasteiger charge is -2.42. The van der Waals surface area contributed by atoms with Crippen LogP contribution in [0.3, 0.4) is 0 Å². The number of hydrogen-bond donors (Lipinski definition) is 1. The summed E-state index contributed by atoms with van der Waals surface area (Å²) in [4.78, 5) is 0. The van der Waals surface area contributed by atoms with Crippen molar-refractivity contribution in [3.8, 4) is 0 Å². The maximum atomic E-state index is 6.14. The number of hydrogen-bond acceptors (Lipinski definition) is 4. The van der Waals surface area contributed by atoms with E-state index in [0.29, 0.717) is 0 Å². The fourth-order valence-corrected chi connectivity index (χ4v) is 2.96. The Morgan fingerprint density at radius 1 is 1.47 bits per heavy atom. The number of nitrogens with zero attached hydrogens (tertiary/aromatic N) is 2. The van der Waals surface area contributed by atoms with Crippen molar-refractivity contribution in [3.63, 3.8) is 0 Å². The van der Waals surface area contributed by atoms with E-state index in [2.05, 4.69) is 30.5 Å². The van der Waals surface area contributed by atoms with Crippen molar-refractivity contribution in [1.82, 2.24) is 15.1 Å². The highest BCUT2D eigenvalue weighted by molar-refractivity contribution is 5.17. The second-order valence-corrected chi connectivity index (χ2v) is 4.96. The Morgan fingerprint density at radius 3 is 2.74 bits per heavy atom. The monoisotopic (exact) mass is 267 g/mol. The average Bonchev–Trinajstić information content (AvgIpc) is 2.89. The number of aromatic nitrogens is 2. The highest BCUT2D eigenvalue weighted by Crippen LogP contribution is 2.37. The van der Waals surface area contributed by atoms with Crippen molar-refractivity contribution in [1.29, 1.82) is 0 Å². The largest absolute Gasteiger partial charge is 0.381 e. The molecule has 0 spiro atoms. The fraction of sp³-hybridized carbons (Fsp3) is 0.786. The van der Waals surface area contributed by atoms with Gasteiger partial charge in [-0.05, 0) is 20.9 Å². The van der Waals surface area contributed by atoms with E-state index in [1.807, 2.05) is 17.9 Å². The minimum Gasteiger partial charge on any atom is -0.381 e. The molecule has 1 aliphatic rings. The van der Waals surface area contributed by atoms with Crippen LogP contribution in [0.15, 0.2) is 12.4 Å². The summed E-state index contributed by atoms with van der Waals surface area (Å²) >= 11 is 0. The standard InChI is InChI=1S/C14H25N3O2/c1-4-17-11-12(10-16-17)13(15-3)14(19-5-2)6-8-18-9-7-14/h10-11,13,15H,4-9H2,1-3H3. The van der Waals surface area contributed by atoms with Gasteiger partial charge in [0.1, 0.15) is 0 Å². The first-order valence-electron chi connectivity index (χ1n) is 7.17. The second-order valence-electron chi connectivity index (χ2n) is 4.96. The lowest BCUT2D eigenvalue weighted by Crippen LogP contribution is -2.49. The molecule has 0 aromatic carbocycles. The van der Waals surface area contributed by atoms with Gasteiger partial charge in [-0.2, -0.15) is 5.10 Å². The van der Waals surface area contributed by atoms with Crippen molar-refractivity contribution >= 4 is 0 Å². The molecule has 5 heteroatoms. The summed E-state index contributed by atoms with van der Waals surface area (Å²) in [6.45, 7) is 7.29. The number of nitrogens with one attached hydrogen (secondary N) is 1. The minimum absolute atomic E-state index is 0.164. The van der Waals surface area contributed by atoms with Crippen LogP contribution < -0.4 is 5.32 Å². The van der Waals surface area contributed by atoms with Crippen LogP contribution in [-0.2, 0) is 16.0 Å². The summed E-state index contributed by atoms with van der Waals surface area (Å²) in [5, 5.41) is 7.80. The molecule has 0 bridgehead atoms. The smallest absolute Gasteiger partial charge is 0.0920 e. The number of ether oxygens (including phenoxy) is 2. The first-order valence-corrected chi connectivity index (χ1v) is 7.17. The quantitative estimate of drug-likeness (QED) is 0.853. The topological polar surface area (TPSA) is 48.3 Å². The molecular weight excluding hydrogens is 242 g/mol. The summed E-state index contributed by atoms with van der Waals surface area (Å²) in [5.74, 6) is 0. The molecule has 1 N–H and O–H groups in total. The molecule has 1 aromatic rings. The summed E-state index contributed by atoms with van der Waals surface area (Å²) in [6, 6.07) is 0.164. The van der Waals surface area contributed by atoms with Gasteiger partial charge in [0.2, 0.25) is 0 Å². The Hall–Kier alpha value is -0.910. The van der Waals surface area contributed by atoms with Gasteiger partial charge < -0.3 is 14.8 Å². The van der Waals surface area contributed by atoms with Gasteiger partial charge in [-0.25, -0.2) is 0 Å². The molecule has 1 saturated heterocycles. The first kappa shape index (κ1) is 14.5. The van der Waals surface area contributed by atoms with Crippen LogP contribution in [0, 0.1) is 0 Å². The van der Waals surface area contributed by atoms with E-state index in [4.69, 9.17) is 9.47 Å². The molecule has 0 aliphatic carbocycles. The molecule has 1 aromatic heterocycles. The molecule has 0 saturated carbocycles. The normalized spacial score (nSPS) is 20.4. The van der Waals surface area contributed by atoms with E-state index in [9.17, 15) is 0 Å². The minimum atomic E-state index is -0.177. The molecule has 2 rings (SSSR count). The molecule has 1 unspecified atom stereocenters. The molecule has 1 aliphatic heterocycles. The van der Waals surface area contributed by atoms with E-state index in [-0.39, 0.29) is 11.6 Å². The van der Waals surface area contributed by atoms with Crippen LogP contribution >= 0.6 is 0 Å². The molecule has 1 atom stereocenters. The van der Waals surface area contributed by atoms with Gasteiger partial charge >= 0.3 is 0 Å². The van der Waals surface area contributed by atoms with Gasteiger partial charge in [0, 0.05) is 51.0 Å². The van der Waals surface area contributed by atoms with Gasteiger partial charge in [-0.1, -0.05) is 0 Å². The fourth-order valence-electron chi connectivity index (χ4n) is 2.96. The number of aryl methyl sites for hydroxylation is 1. The Kier molecular flexibility index (Phi) is 4.96. The summed E-state index contributed by atoms with van der Waals surface area (Å²) in [5.41, 5.74) is 1.02. The Balaban J connectivity index is 2.25. The van der Waals surface area contributed by atoms with Crippen LogP contribution in [0.2, 0.25) is 0 Å². The Morgan fingerprint density at radius 2 is 2.21 bits per heavy atom. The van der Waals surface area contributed by atoms with Crippen LogP contribution in [0.1, 0.15) is 38.3 Å². The van der Waals surface area contributed by atoms with Crippen LogP contribution in [0.4, 0.5) is 0 Å². The first-order chi connectivity index (χ1) is 9.25. The molecule has 19 heavy (non-hydrogen) atoms. The van der Waals surface area contributed by atoms with Crippen LogP contribution in [0.5, 0.6) is 0 Å². The summed E-state index contributed by atoms with van der Waals surface area (Å²) < 4.78 is 13.6. The lowest BCUT2D eigenvalue weighted by molar-refractivity contribution is -0.127. The third-order valence-corrected chi connectivity index (χ3v) is 3.90. The third kappa shape index (κ3) is 2.99. The van der Waals surface area contributed by atoms with Crippen LogP contribution in [0.25, 0.3) is 0 Å². The molecule has 2 heterocycles. The molecule has 5 nitrogen and oxygen atoms in total. The second kappa shape index (κ2) is 6.50. The van der Waals surface area contributed by atoms with Gasteiger partial charge in [-0.3, -0.25) is 4.68 Å². The molecule has 108 valence electrons. The van der Waals surface area contributed by atoms with E-state index >= 15 is 0 Å². The van der Waals surface area contributed by atoms with E-state index in [0.717, 1.165) is 39.2 Å². The zero-order valence-corrected chi connectivity index (χ0v) is 12.2. The maximum Gasteiger partial charge on any atom is 0.0920 e. The van der Waals surface area contributed by atoms with Crippen molar-refractivity contribution in [3.05, 3.63) is 18.0 Å². The molecule has 0 radical (unpaired) electrons. The van der Waals surface area contributed by atoms with Crippen molar-refractivity contribution in [2.24, 2.45) is 0 Å². The van der Waals surface area contributed by atoms with Gasteiger partial charge in [0.05, 0.1) is 17.8 Å². The Bertz CT molecular complexity index is 380. The van der Waals surface area contributed by atoms with Gasteiger partial charge in [-0.15, -0.1) is 0 Å². The summed E-state index contributed by atoms with van der Waals surface area (Å²) in [7, 11) is 1.99. The zero-order chi connectivity index (χ0) is 13.7. The third-order valence-electron chi connectivity index (χ3n) is 3.90. The Labute approximate surface area is 115 Å². The SMILES string of the molecule is CCOC1(C(NC)c2cnn(CC)c2)CCOCC1. The van der Waals surface area contributed by atoms with Gasteiger partial charge in [0.25, 0.3) is 0 Å². The molecular formula is C14H25N3O2. The summed E-state index contributed by atoms with van der Waals surface area (Å²) in [6.07, 6.45) is 5.89. The predicted octanol–water partition coefficient (Wildman–Crippen LogP) is 1.75. The van der Waals surface area contributed by atoms with Crippen molar-refractivity contribution in [2.75, 3.05) is 26.9 Å². The highest BCUT2D eigenvalue weighted by Gasteiger charge is 2.41. The van der Waals surface area contributed by atoms with E-state index in [1.54, 1.807) is 0 Å². The zero-order valence-electron chi connectivity index (χ0n) is 12.2. The van der Waals surface area contributed by atoms with Crippen LogP contribution in [-0.4, -0.2) is 42.2 Å². The number of likely N-dealkylation sites (N-methyl/N-ethyl adjacent to an activating group) is 1. The van der Waals surface area contributed by atoms with Crippen molar-refractivity contribution in [2.45, 2.75) is 44.9 Å². The average molecular weight is 267 g/mol. The maximum absolute atomic E-state index is 6.14. The lowest BCUT2D eigenvalue weighted by atomic mass is 9.83. The molecule has 1 fully saturated rings. The van der Waals surface area contributed by atoms with E-state index in [1.165, 1.54) is 5.56 Å². The van der Waals surface area contributed by atoms with Gasteiger partial charge in [0.15, 0.2) is 0 Å². The number of rotatable bonds is 6.